The van der Waals surface area contributed by atoms with Gasteiger partial charge in [-0.1, -0.05) is 57.6 Å². The first-order valence-corrected chi connectivity index (χ1v) is 8.81. The zero-order chi connectivity index (χ0) is 16.4. The number of sulfonamides is 1. The highest BCUT2D eigenvalue weighted by molar-refractivity contribution is 7.89. The number of benzene rings is 1. The third-order valence-corrected chi connectivity index (χ3v) is 5.71. The molecule has 0 amide bonds. The van der Waals surface area contributed by atoms with E-state index in [1.54, 1.807) is 6.07 Å². The Morgan fingerprint density at radius 1 is 1.43 bits per heavy atom. The van der Waals surface area contributed by atoms with Gasteiger partial charge >= 0.3 is 0 Å². The molecule has 1 rings (SSSR count). The van der Waals surface area contributed by atoms with Gasteiger partial charge in [0.25, 0.3) is 0 Å². The van der Waals surface area contributed by atoms with Crippen molar-refractivity contribution in [1.82, 2.24) is 4.72 Å². The van der Waals surface area contributed by atoms with Gasteiger partial charge in [0.05, 0.1) is 5.02 Å². The molecule has 4 nitrogen and oxygen atoms in total. The molecule has 1 unspecified atom stereocenters. The second-order valence-corrected chi connectivity index (χ2v) is 8.71. The monoisotopic (exact) mass is 348 g/mol. The number of nitrogens with one attached hydrogen (secondary N) is 1. The third-order valence-electron chi connectivity index (χ3n) is 3.56. The van der Waals surface area contributed by atoms with Crippen LogP contribution in [-0.4, -0.2) is 20.0 Å². The van der Waals surface area contributed by atoms with Gasteiger partial charge in [0.2, 0.25) is 10.0 Å². The topological polar surface area (TPSA) is 72.2 Å². The minimum Gasteiger partial charge on any atom is -0.389 e. The van der Waals surface area contributed by atoms with Gasteiger partial charge in [-0.25, -0.2) is 13.1 Å². The van der Waals surface area contributed by atoms with Gasteiger partial charge in [-0.15, -0.1) is 0 Å². The first-order valence-electron chi connectivity index (χ1n) is 6.54. The van der Waals surface area contributed by atoms with Crippen LogP contribution < -0.4 is 10.5 Å². The van der Waals surface area contributed by atoms with Crippen molar-refractivity contribution in [2.24, 2.45) is 17.1 Å². The maximum absolute atomic E-state index is 12.3. The van der Waals surface area contributed by atoms with Crippen molar-refractivity contribution >= 4 is 38.8 Å². The molecular formula is C14H21ClN2O2S2. The van der Waals surface area contributed by atoms with Gasteiger partial charge in [0, 0.05) is 12.1 Å². The summed E-state index contributed by atoms with van der Waals surface area (Å²) in [5.74, 6) is 0.182. The van der Waals surface area contributed by atoms with Crippen LogP contribution in [0.3, 0.4) is 0 Å². The molecule has 0 bridgehead atoms. The van der Waals surface area contributed by atoms with E-state index in [4.69, 9.17) is 29.6 Å². The fourth-order valence-corrected chi connectivity index (χ4v) is 3.29. The van der Waals surface area contributed by atoms with Crippen molar-refractivity contribution in [1.29, 1.82) is 0 Å². The van der Waals surface area contributed by atoms with Gasteiger partial charge < -0.3 is 5.73 Å². The van der Waals surface area contributed by atoms with Crippen LogP contribution in [0.1, 0.15) is 33.3 Å². The molecule has 0 heterocycles. The summed E-state index contributed by atoms with van der Waals surface area (Å²) in [5, 5.41) is 0.108. The second kappa shape index (κ2) is 6.60. The van der Waals surface area contributed by atoms with Gasteiger partial charge in [0.1, 0.15) is 9.88 Å². The van der Waals surface area contributed by atoms with E-state index in [1.807, 2.05) is 6.92 Å². The third kappa shape index (κ3) is 4.92. The number of hydrogen-bond donors (Lipinski definition) is 2. The van der Waals surface area contributed by atoms with Crippen LogP contribution in [0.25, 0.3) is 0 Å². The molecule has 3 N–H and O–H groups in total. The van der Waals surface area contributed by atoms with E-state index in [0.717, 1.165) is 0 Å². The molecule has 0 saturated carbocycles. The molecule has 0 radical (unpaired) electrons. The molecule has 0 aliphatic heterocycles. The fraction of sp³-hybridized carbons (Fsp3) is 0.500. The lowest BCUT2D eigenvalue weighted by Gasteiger charge is -2.27. The summed E-state index contributed by atoms with van der Waals surface area (Å²) in [7, 11) is -3.65. The largest absolute Gasteiger partial charge is 0.389 e. The number of rotatable bonds is 5. The Balaban J connectivity index is 2.96. The van der Waals surface area contributed by atoms with Crippen molar-refractivity contribution in [3.05, 3.63) is 28.8 Å². The van der Waals surface area contributed by atoms with Crippen molar-refractivity contribution in [3.8, 4) is 0 Å². The average molecular weight is 349 g/mol. The highest BCUT2D eigenvalue weighted by Crippen LogP contribution is 2.26. The highest BCUT2D eigenvalue weighted by Gasteiger charge is 2.24. The molecule has 1 aromatic rings. The van der Waals surface area contributed by atoms with E-state index < -0.39 is 10.0 Å². The summed E-state index contributed by atoms with van der Waals surface area (Å²) in [6.07, 6.45) is 0. The second-order valence-electron chi connectivity index (χ2n) is 6.13. The maximum atomic E-state index is 12.3. The zero-order valence-corrected chi connectivity index (χ0v) is 15.0. The van der Waals surface area contributed by atoms with Crippen molar-refractivity contribution in [2.45, 2.75) is 32.6 Å². The van der Waals surface area contributed by atoms with Crippen LogP contribution in [0.4, 0.5) is 0 Å². The summed E-state index contributed by atoms with van der Waals surface area (Å²) >= 11 is 10.9. The van der Waals surface area contributed by atoms with Crippen LogP contribution in [-0.2, 0) is 10.0 Å². The molecule has 0 aliphatic rings. The summed E-state index contributed by atoms with van der Waals surface area (Å²) in [6.45, 7) is 8.54. The van der Waals surface area contributed by atoms with E-state index in [9.17, 15) is 8.42 Å². The quantitative estimate of drug-likeness (QED) is 0.802. The lowest BCUT2D eigenvalue weighted by molar-refractivity contribution is 0.263. The van der Waals surface area contributed by atoms with Crippen LogP contribution in [0.2, 0.25) is 5.02 Å². The van der Waals surface area contributed by atoms with E-state index in [0.29, 0.717) is 12.1 Å². The van der Waals surface area contributed by atoms with E-state index in [1.165, 1.54) is 12.1 Å². The maximum Gasteiger partial charge on any atom is 0.242 e. The predicted molar refractivity (Wildman–Crippen MR) is 91.1 cm³/mol. The normalized spacial score (nSPS) is 14.0. The van der Waals surface area contributed by atoms with Crippen LogP contribution in [0.5, 0.6) is 0 Å². The van der Waals surface area contributed by atoms with Crippen LogP contribution in [0, 0.1) is 11.3 Å². The molecule has 7 heteroatoms. The van der Waals surface area contributed by atoms with Crippen molar-refractivity contribution in [2.75, 3.05) is 6.54 Å². The van der Waals surface area contributed by atoms with E-state index in [-0.39, 0.29) is 26.2 Å². The lowest BCUT2D eigenvalue weighted by Crippen LogP contribution is -2.33. The molecule has 118 valence electrons. The Kier molecular flexibility index (Phi) is 5.77. The van der Waals surface area contributed by atoms with Gasteiger partial charge in [0.15, 0.2) is 0 Å². The SMILES string of the molecule is CC(CNS(=O)(=O)c1ccc(C(N)=S)cc1Cl)C(C)(C)C. The van der Waals surface area contributed by atoms with Crippen molar-refractivity contribution < 1.29 is 8.42 Å². The molecule has 0 aromatic heterocycles. The molecule has 0 fully saturated rings. The van der Waals surface area contributed by atoms with Gasteiger partial charge in [-0.05, 0) is 23.5 Å². The van der Waals surface area contributed by atoms with Gasteiger partial charge in [-0.3, -0.25) is 0 Å². The average Bonchev–Trinajstić information content (AvgIpc) is 2.34. The molecular weight excluding hydrogens is 328 g/mol. The lowest BCUT2D eigenvalue weighted by atomic mass is 9.82. The zero-order valence-electron chi connectivity index (χ0n) is 12.6. The molecule has 1 atom stereocenters. The number of halogens is 1. The Bertz CT molecular complexity index is 637. The Hall–Kier alpha value is -0.690. The fourth-order valence-electron chi connectivity index (χ4n) is 1.49. The predicted octanol–water partition coefficient (Wildman–Crippen LogP) is 2.93. The number of nitrogens with two attached hydrogens (primary N) is 1. The summed E-state index contributed by atoms with van der Waals surface area (Å²) in [6, 6.07) is 4.43. The standard InChI is InChI=1S/C14H21ClN2O2S2/c1-9(14(2,3)4)8-17-21(18,19)12-6-5-10(13(16)20)7-11(12)15/h5-7,9,17H,8H2,1-4H3,(H2,16,20). The minimum absolute atomic E-state index is 0.0158. The molecule has 0 saturated heterocycles. The summed E-state index contributed by atoms with van der Waals surface area (Å²) in [4.78, 5) is 0.209. The highest BCUT2D eigenvalue weighted by atomic mass is 35.5. The first-order chi connectivity index (χ1) is 9.45. The minimum atomic E-state index is -3.65. The van der Waals surface area contributed by atoms with Gasteiger partial charge in [-0.2, -0.15) is 0 Å². The van der Waals surface area contributed by atoms with E-state index >= 15 is 0 Å². The molecule has 0 spiro atoms. The summed E-state index contributed by atoms with van der Waals surface area (Å²) < 4.78 is 27.2. The molecule has 0 aliphatic carbocycles. The smallest absolute Gasteiger partial charge is 0.242 e. The van der Waals surface area contributed by atoms with E-state index in [2.05, 4.69) is 25.5 Å². The number of hydrogen-bond acceptors (Lipinski definition) is 3. The first kappa shape index (κ1) is 18.4. The van der Waals surface area contributed by atoms with Crippen LogP contribution >= 0.6 is 23.8 Å². The number of thiocarbonyl (C=S) groups is 1. The Labute approximate surface area is 137 Å². The Morgan fingerprint density at radius 3 is 2.43 bits per heavy atom. The van der Waals surface area contributed by atoms with Crippen molar-refractivity contribution in [3.63, 3.8) is 0 Å². The Morgan fingerprint density at radius 2 is 2.00 bits per heavy atom. The summed E-state index contributed by atoms with van der Waals surface area (Å²) in [5.41, 5.74) is 6.05. The molecule has 1 aromatic carbocycles. The molecule has 21 heavy (non-hydrogen) atoms. The van der Waals surface area contributed by atoms with Crippen LogP contribution in [0.15, 0.2) is 23.1 Å².